The van der Waals surface area contributed by atoms with Crippen molar-refractivity contribution in [2.24, 2.45) is 0 Å². The highest BCUT2D eigenvalue weighted by Crippen LogP contribution is 2.26. The molecule has 0 spiro atoms. The van der Waals surface area contributed by atoms with Crippen molar-refractivity contribution in [1.29, 1.82) is 0 Å². The lowest BCUT2D eigenvalue weighted by Crippen LogP contribution is -2.53. The minimum absolute atomic E-state index is 0.00631. The van der Waals surface area contributed by atoms with E-state index < -0.39 is 34.3 Å². The molecule has 1 N–H and O–H groups in total. The Labute approximate surface area is 257 Å². The first-order valence-corrected chi connectivity index (χ1v) is 15.6. The fraction of sp³-hybridized carbons (Fsp3) is 0.212. The average Bonchev–Trinajstić information content (AvgIpc) is 2.99. The summed E-state index contributed by atoms with van der Waals surface area (Å²) in [6, 6.07) is 26.4. The van der Waals surface area contributed by atoms with Gasteiger partial charge in [0.25, 0.3) is 10.0 Å². The van der Waals surface area contributed by atoms with Crippen molar-refractivity contribution < 1.29 is 22.4 Å². The van der Waals surface area contributed by atoms with E-state index >= 15 is 0 Å². The number of amides is 2. The van der Waals surface area contributed by atoms with Crippen molar-refractivity contribution in [1.82, 2.24) is 10.2 Å². The Kier molecular flexibility index (Phi) is 10.6. The number of hydrogen-bond donors (Lipinski definition) is 1. The van der Waals surface area contributed by atoms with Gasteiger partial charge in [-0.15, -0.1) is 0 Å². The van der Waals surface area contributed by atoms with E-state index in [0.717, 1.165) is 39.7 Å². The molecule has 7 nitrogen and oxygen atoms in total. The molecular weight excluding hydrogens is 589 g/mol. The van der Waals surface area contributed by atoms with Crippen LogP contribution in [0, 0.1) is 12.7 Å². The smallest absolute Gasteiger partial charge is 0.264 e. The lowest BCUT2D eigenvalue weighted by atomic mass is 10.0. The van der Waals surface area contributed by atoms with Crippen molar-refractivity contribution in [3.63, 3.8) is 0 Å². The standard InChI is InChI=1S/C33H33ClFN3O4S/c1-3-36-33(40)31(21-25-8-5-4-6-9-25)37(22-26-10-7-11-27(34)20-26)32(39)23-38(29-16-12-24(2)13-17-29)43(41,42)30-18-14-28(35)15-19-30/h4-20,31H,3,21-23H2,1-2H3,(H,36,40)/t31-/m0/s1. The summed E-state index contributed by atoms with van der Waals surface area (Å²) in [6.45, 7) is 3.40. The van der Waals surface area contributed by atoms with Gasteiger partial charge < -0.3 is 10.2 Å². The second-order valence-corrected chi connectivity index (χ2v) is 12.4. The van der Waals surface area contributed by atoms with Crippen LogP contribution in [0.25, 0.3) is 0 Å². The van der Waals surface area contributed by atoms with E-state index in [1.165, 1.54) is 4.90 Å². The summed E-state index contributed by atoms with van der Waals surface area (Å²) in [5.41, 5.74) is 2.66. The Morgan fingerprint density at radius 3 is 2.16 bits per heavy atom. The van der Waals surface area contributed by atoms with E-state index in [9.17, 15) is 22.4 Å². The van der Waals surface area contributed by atoms with Crippen LogP contribution >= 0.6 is 11.6 Å². The monoisotopic (exact) mass is 621 g/mol. The van der Waals surface area contributed by atoms with Crippen LogP contribution in [0.5, 0.6) is 0 Å². The van der Waals surface area contributed by atoms with Gasteiger partial charge in [0.1, 0.15) is 18.4 Å². The summed E-state index contributed by atoms with van der Waals surface area (Å²) in [7, 11) is -4.31. The molecule has 0 aliphatic carbocycles. The SMILES string of the molecule is CCNC(=O)[C@H](Cc1ccccc1)N(Cc1cccc(Cl)c1)C(=O)CN(c1ccc(C)cc1)S(=O)(=O)c1ccc(F)cc1. The third-order valence-corrected chi connectivity index (χ3v) is 8.89. The summed E-state index contributed by atoms with van der Waals surface area (Å²) >= 11 is 6.25. The molecule has 0 fully saturated rings. The van der Waals surface area contributed by atoms with Crippen LogP contribution in [0.2, 0.25) is 5.02 Å². The average molecular weight is 622 g/mol. The third kappa shape index (κ3) is 8.21. The molecule has 2 amide bonds. The molecule has 0 bridgehead atoms. The van der Waals surface area contributed by atoms with Crippen LogP contribution < -0.4 is 9.62 Å². The van der Waals surface area contributed by atoms with Crippen molar-refractivity contribution in [2.75, 3.05) is 17.4 Å². The van der Waals surface area contributed by atoms with Crippen molar-refractivity contribution in [3.8, 4) is 0 Å². The molecule has 0 radical (unpaired) electrons. The zero-order chi connectivity index (χ0) is 31.0. The van der Waals surface area contributed by atoms with Crippen molar-refractivity contribution >= 4 is 39.1 Å². The van der Waals surface area contributed by atoms with Gasteiger partial charge in [-0.2, -0.15) is 0 Å². The quantitative estimate of drug-likeness (QED) is 0.218. The molecule has 0 aliphatic rings. The fourth-order valence-corrected chi connectivity index (χ4v) is 6.28. The molecule has 0 saturated carbocycles. The number of carbonyl (C=O) groups is 2. The van der Waals surface area contributed by atoms with Gasteiger partial charge in [-0.1, -0.05) is 71.8 Å². The summed E-state index contributed by atoms with van der Waals surface area (Å²) < 4.78 is 42.5. The van der Waals surface area contributed by atoms with E-state index in [4.69, 9.17) is 11.6 Å². The molecule has 4 aromatic rings. The van der Waals surface area contributed by atoms with E-state index in [0.29, 0.717) is 17.1 Å². The van der Waals surface area contributed by atoms with Crippen LogP contribution in [0.1, 0.15) is 23.6 Å². The second-order valence-electron chi connectivity index (χ2n) is 10.1. The molecule has 43 heavy (non-hydrogen) atoms. The number of nitrogens with one attached hydrogen (secondary N) is 1. The minimum atomic E-state index is -4.31. The molecule has 0 aromatic heterocycles. The van der Waals surface area contributed by atoms with Crippen molar-refractivity contribution in [3.05, 3.63) is 131 Å². The van der Waals surface area contributed by atoms with Crippen LogP contribution in [0.3, 0.4) is 0 Å². The Morgan fingerprint density at radius 2 is 1.53 bits per heavy atom. The molecule has 0 heterocycles. The summed E-state index contributed by atoms with van der Waals surface area (Å²) in [5.74, 6) is -1.56. The van der Waals surface area contributed by atoms with E-state index in [1.807, 2.05) is 37.3 Å². The molecule has 0 unspecified atom stereocenters. The maximum atomic E-state index is 14.3. The van der Waals surface area contributed by atoms with Gasteiger partial charge in [-0.3, -0.25) is 13.9 Å². The molecule has 4 aromatic carbocycles. The molecule has 0 aliphatic heterocycles. The number of benzene rings is 4. The largest absolute Gasteiger partial charge is 0.355 e. The number of halogens is 2. The van der Waals surface area contributed by atoms with Crippen LogP contribution in [-0.4, -0.2) is 44.3 Å². The first-order valence-electron chi connectivity index (χ1n) is 13.8. The summed E-state index contributed by atoms with van der Waals surface area (Å²) in [6.07, 6.45) is 0.203. The number of aryl methyl sites for hydroxylation is 1. The Balaban J connectivity index is 1.79. The predicted octanol–water partition coefficient (Wildman–Crippen LogP) is 5.76. The lowest BCUT2D eigenvalue weighted by molar-refractivity contribution is -0.140. The first-order chi connectivity index (χ1) is 20.6. The molecule has 4 rings (SSSR count). The number of rotatable bonds is 12. The number of hydrogen-bond acceptors (Lipinski definition) is 4. The lowest BCUT2D eigenvalue weighted by Gasteiger charge is -2.34. The van der Waals surface area contributed by atoms with Crippen LogP contribution in [-0.2, 0) is 32.6 Å². The first kappa shape index (κ1) is 31.7. The molecule has 1 atom stereocenters. The normalized spacial score (nSPS) is 11.9. The maximum absolute atomic E-state index is 14.3. The van der Waals surface area contributed by atoms with E-state index in [1.54, 1.807) is 55.5 Å². The zero-order valence-corrected chi connectivity index (χ0v) is 25.5. The minimum Gasteiger partial charge on any atom is -0.355 e. The van der Waals surface area contributed by atoms with Gasteiger partial charge in [0.05, 0.1) is 10.6 Å². The number of likely N-dealkylation sites (N-methyl/N-ethyl adjacent to an activating group) is 1. The molecule has 224 valence electrons. The highest BCUT2D eigenvalue weighted by atomic mass is 35.5. The van der Waals surface area contributed by atoms with Gasteiger partial charge in [-0.05, 0) is 73.5 Å². The number of nitrogens with zero attached hydrogens (tertiary/aromatic N) is 2. The second kappa shape index (κ2) is 14.3. The number of carbonyl (C=O) groups excluding carboxylic acids is 2. The van der Waals surface area contributed by atoms with Gasteiger partial charge in [0, 0.05) is 24.5 Å². The molecule has 10 heteroatoms. The summed E-state index contributed by atoms with van der Waals surface area (Å²) in [4.78, 5) is 29.0. The highest BCUT2D eigenvalue weighted by molar-refractivity contribution is 7.92. The molecule has 0 saturated heterocycles. The number of sulfonamides is 1. The number of anilines is 1. The van der Waals surface area contributed by atoms with Crippen molar-refractivity contribution in [2.45, 2.75) is 37.8 Å². The van der Waals surface area contributed by atoms with Gasteiger partial charge in [0.2, 0.25) is 11.8 Å². The zero-order valence-electron chi connectivity index (χ0n) is 23.9. The van der Waals surface area contributed by atoms with Gasteiger partial charge in [0.15, 0.2) is 0 Å². The van der Waals surface area contributed by atoms with Gasteiger partial charge >= 0.3 is 0 Å². The Hall–Kier alpha value is -4.21. The highest BCUT2D eigenvalue weighted by Gasteiger charge is 2.34. The Morgan fingerprint density at radius 1 is 0.884 bits per heavy atom. The van der Waals surface area contributed by atoms with Gasteiger partial charge in [-0.25, -0.2) is 12.8 Å². The predicted molar refractivity (Wildman–Crippen MR) is 167 cm³/mol. The third-order valence-electron chi connectivity index (χ3n) is 6.87. The fourth-order valence-electron chi connectivity index (χ4n) is 4.65. The van der Waals surface area contributed by atoms with Crippen LogP contribution in [0.15, 0.2) is 108 Å². The Bertz CT molecular complexity index is 1650. The maximum Gasteiger partial charge on any atom is 0.264 e. The molecular formula is C33H33ClFN3O4S. The summed E-state index contributed by atoms with van der Waals surface area (Å²) in [5, 5.41) is 3.29. The van der Waals surface area contributed by atoms with Crippen LogP contribution in [0.4, 0.5) is 10.1 Å². The topological polar surface area (TPSA) is 86.8 Å². The van der Waals surface area contributed by atoms with E-state index in [-0.39, 0.29) is 29.5 Å². The van der Waals surface area contributed by atoms with E-state index in [2.05, 4.69) is 5.32 Å².